The van der Waals surface area contributed by atoms with E-state index >= 15 is 0 Å². The van der Waals surface area contributed by atoms with Gasteiger partial charge in [0.25, 0.3) is 0 Å². The molecule has 1 N–H and O–H groups in total. The number of likely N-dealkylation sites (tertiary alicyclic amines) is 1. The molecule has 1 aliphatic heterocycles. The minimum atomic E-state index is -0.819. The lowest BCUT2D eigenvalue weighted by Gasteiger charge is -2.22. The zero-order valence-corrected chi connectivity index (χ0v) is 10.6. The fourth-order valence-corrected chi connectivity index (χ4v) is 3.60. The molecule has 0 bridgehead atoms. The molecule has 19 heavy (non-hydrogen) atoms. The van der Waals surface area contributed by atoms with Crippen LogP contribution in [-0.4, -0.2) is 33.8 Å². The Balaban J connectivity index is 1.77. The standard InChI is InChI=1S/C14H17NO4/c16-12-10-3-1-2-4-11(10)13(17)15(12)9-6-5-8(7-9)14(18)19/h1-2,8-11H,3-7H2,(H,18,19)/t8-,9+,10-,11+/m1/s1. The number of nitrogens with zero attached hydrogens (tertiary/aromatic N) is 1. The number of aliphatic carboxylic acids is 1. The van der Waals surface area contributed by atoms with E-state index in [1.807, 2.05) is 12.2 Å². The van der Waals surface area contributed by atoms with Crippen molar-refractivity contribution in [3.05, 3.63) is 12.2 Å². The third-order valence-corrected chi connectivity index (χ3v) is 4.66. The molecule has 0 unspecified atom stereocenters. The van der Waals surface area contributed by atoms with E-state index in [4.69, 9.17) is 5.11 Å². The Morgan fingerprint density at radius 3 is 2.16 bits per heavy atom. The normalized spacial score (nSPS) is 37.8. The van der Waals surface area contributed by atoms with Crippen molar-refractivity contribution in [2.45, 2.75) is 38.1 Å². The molecular formula is C14H17NO4. The summed E-state index contributed by atoms with van der Waals surface area (Å²) in [4.78, 5) is 37.0. The number of rotatable bonds is 2. The molecule has 2 amide bonds. The molecule has 3 aliphatic rings. The van der Waals surface area contributed by atoms with Crippen molar-refractivity contribution in [3.63, 3.8) is 0 Å². The minimum Gasteiger partial charge on any atom is -0.481 e. The van der Waals surface area contributed by atoms with Gasteiger partial charge in [-0.15, -0.1) is 0 Å². The first kappa shape index (κ1) is 12.4. The second kappa shape index (κ2) is 4.47. The third-order valence-electron chi connectivity index (χ3n) is 4.66. The summed E-state index contributed by atoms with van der Waals surface area (Å²) in [5.41, 5.74) is 0. The second-order valence-corrected chi connectivity index (χ2v) is 5.70. The van der Waals surface area contributed by atoms with Gasteiger partial charge in [0.2, 0.25) is 11.8 Å². The van der Waals surface area contributed by atoms with Gasteiger partial charge in [0, 0.05) is 6.04 Å². The maximum absolute atomic E-state index is 12.3. The molecule has 1 heterocycles. The van der Waals surface area contributed by atoms with Gasteiger partial charge in [0.15, 0.2) is 0 Å². The number of hydrogen-bond donors (Lipinski definition) is 1. The summed E-state index contributed by atoms with van der Waals surface area (Å²) >= 11 is 0. The predicted octanol–water partition coefficient (Wildman–Crippen LogP) is 1.19. The highest BCUT2D eigenvalue weighted by Gasteiger charge is 2.51. The number of carboxylic acid groups (broad SMARTS) is 1. The lowest BCUT2D eigenvalue weighted by molar-refractivity contribution is -0.145. The van der Waals surface area contributed by atoms with Gasteiger partial charge >= 0.3 is 5.97 Å². The number of carboxylic acids is 1. The van der Waals surface area contributed by atoms with Gasteiger partial charge in [-0.2, -0.15) is 0 Å². The van der Waals surface area contributed by atoms with Crippen molar-refractivity contribution in [2.24, 2.45) is 17.8 Å². The van der Waals surface area contributed by atoms with Crippen LogP contribution in [0.5, 0.6) is 0 Å². The largest absolute Gasteiger partial charge is 0.481 e. The number of amides is 2. The van der Waals surface area contributed by atoms with Crippen molar-refractivity contribution in [2.75, 3.05) is 0 Å². The van der Waals surface area contributed by atoms with Crippen molar-refractivity contribution >= 4 is 17.8 Å². The van der Waals surface area contributed by atoms with Gasteiger partial charge in [-0.05, 0) is 32.1 Å². The van der Waals surface area contributed by atoms with Gasteiger partial charge in [-0.3, -0.25) is 19.3 Å². The van der Waals surface area contributed by atoms with E-state index in [0.717, 1.165) is 0 Å². The molecule has 0 aromatic carbocycles. The molecule has 3 rings (SSSR count). The van der Waals surface area contributed by atoms with Crippen LogP contribution in [0.1, 0.15) is 32.1 Å². The van der Waals surface area contributed by atoms with Crippen LogP contribution in [0.4, 0.5) is 0 Å². The van der Waals surface area contributed by atoms with E-state index in [0.29, 0.717) is 32.1 Å². The van der Waals surface area contributed by atoms with Gasteiger partial charge in [-0.25, -0.2) is 0 Å². The molecule has 0 aromatic rings. The zero-order chi connectivity index (χ0) is 13.6. The lowest BCUT2D eigenvalue weighted by Crippen LogP contribution is -2.39. The summed E-state index contributed by atoms with van der Waals surface area (Å²) in [6.45, 7) is 0. The predicted molar refractivity (Wildman–Crippen MR) is 66.0 cm³/mol. The van der Waals surface area contributed by atoms with E-state index in [1.54, 1.807) is 0 Å². The maximum atomic E-state index is 12.3. The Morgan fingerprint density at radius 1 is 1.11 bits per heavy atom. The maximum Gasteiger partial charge on any atom is 0.306 e. The summed E-state index contributed by atoms with van der Waals surface area (Å²) in [7, 11) is 0. The van der Waals surface area contributed by atoms with Crippen LogP contribution in [-0.2, 0) is 14.4 Å². The van der Waals surface area contributed by atoms with Crippen LogP contribution in [0.2, 0.25) is 0 Å². The highest BCUT2D eigenvalue weighted by Crippen LogP contribution is 2.40. The summed E-state index contributed by atoms with van der Waals surface area (Å²) < 4.78 is 0. The number of hydrogen-bond acceptors (Lipinski definition) is 3. The monoisotopic (exact) mass is 263 g/mol. The molecule has 0 spiro atoms. The van der Waals surface area contributed by atoms with E-state index in [2.05, 4.69) is 0 Å². The molecule has 1 saturated heterocycles. The number of carbonyl (C=O) groups is 3. The van der Waals surface area contributed by atoms with E-state index in [1.165, 1.54) is 4.90 Å². The molecule has 0 aromatic heterocycles. The topological polar surface area (TPSA) is 74.7 Å². The molecule has 5 nitrogen and oxygen atoms in total. The van der Waals surface area contributed by atoms with Crippen LogP contribution in [0.25, 0.3) is 0 Å². The number of allylic oxidation sites excluding steroid dienone is 2. The second-order valence-electron chi connectivity index (χ2n) is 5.70. The van der Waals surface area contributed by atoms with E-state index in [9.17, 15) is 14.4 Å². The molecule has 0 radical (unpaired) electrons. The quantitative estimate of drug-likeness (QED) is 0.600. The Morgan fingerprint density at radius 2 is 1.68 bits per heavy atom. The lowest BCUT2D eigenvalue weighted by atomic mass is 9.85. The first-order valence-electron chi connectivity index (χ1n) is 6.84. The Labute approximate surface area is 111 Å². The van der Waals surface area contributed by atoms with Crippen molar-refractivity contribution in [3.8, 4) is 0 Å². The fourth-order valence-electron chi connectivity index (χ4n) is 3.60. The smallest absolute Gasteiger partial charge is 0.306 e. The summed E-state index contributed by atoms with van der Waals surface area (Å²) in [6.07, 6.45) is 6.81. The van der Waals surface area contributed by atoms with Gasteiger partial charge in [0.05, 0.1) is 17.8 Å². The van der Waals surface area contributed by atoms with Crippen LogP contribution < -0.4 is 0 Å². The first-order valence-corrected chi connectivity index (χ1v) is 6.84. The molecule has 2 fully saturated rings. The average molecular weight is 263 g/mol. The van der Waals surface area contributed by atoms with Gasteiger partial charge < -0.3 is 5.11 Å². The Hall–Kier alpha value is -1.65. The van der Waals surface area contributed by atoms with Crippen molar-refractivity contribution in [1.29, 1.82) is 0 Å². The first-order chi connectivity index (χ1) is 9.09. The molecule has 5 heteroatoms. The molecule has 2 aliphatic carbocycles. The van der Waals surface area contributed by atoms with Crippen molar-refractivity contribution < 1.29 is 19.5 Å². The number of carbonyl (C=O) groups excluding carboxylic acids is 2. The van der Waals surface area contributed by atoms with Crippen LogP contribution in [0, 0.1) is 17.8 Å². The Kier molecular flexibility index (Phi) is 2.92. The zero-order valence-electron chi connectivity index (χ0n) is 10.6. The molecule has 1 saturated carbocycles. The highest BCUT2D eigenvalue weighted by atomic mass is 16.4. The van der Waals surface area contributed by atoms with Crippen LogP contribution in [0.15, 0.2) is 12.2 Å². The average Bonchev–Trinajstić information content (AvgIpc) is 2.96. The summed E-state index contributed by atoms with van der Waals surface area (Å²) in [6, 6.07) is -0.202. The number of fused-ring (bicyclic) bond motifs is 1. The fraction of sp³-hybridized carbons (Fsp3) is 0.643. The van der Waals surface area contributed by atoms with Gasteiger partial charge in [-0.1, -0.05) is 12.2 Å². The molecule has 102 valence electrons. The summed E-state index contributed by atoms with van der Waals surface area (Å²) in [5, 5.41) is 9.01. The molecule has 4 atom stereocenters. The Bertz CT molecular complexity index is 444. The highest BCUT2D eigenvalue weighted by molar-refractivity contribution is 6.05. The molecular weight excluding hydrogens is 246 g/mol. The van der Waals surface area contributed by atoms with E-state index < -0.39 is 11.9 Å². The van der Waals surface area contributed by atoms with Crippen LogP contribution >= 0.6 is 0 Å². The minimum absolute atomic E-state index is 0.0876. The third kappa shape index (κ3) is 1.88. The SMILES string of the molecule is O=C(O)[C@@H]1CC[C@H](N2C(=O)[C@H]3CC=CC[C@H]3C2=O)C1. The van der Waals surface area contributed by atoms with Crippen LogP contribution in [0.3, 0.4) is 0 Å². The van der Waals surface area contributed by atoms with E-state index in [-0.39, 0.29) is 29.7 Å². The van der Waals surface area contributed by atoms with Crippen molar-refractivity contribution in [1.82, 2.24) is 4.90 Å². The van der Waals surface area contributed by atoms with Gasteiger partial charge in [0.1, 0.15) is 0 Å². The number of imide groups is 1. The summed E-state index contributed by atoms with van der Waals surface area (Å²) in [5.74, 6) is -1.82.